The van der Waals surface area contributed by atoms with Gasteiger partial charge in [0.05, 0.1) is 16.3 Å². The lowest BCUT2D eigenvalue weighted by molar-refractivity contribution is -0.384. The van der Waals surface area contributed by atoms with Crippen LogP contribution in [-0.4, -0.2) is 51.2 Å². The van der Waals surface area contributed by atoms with Gasteiger partial charge < -0.3 is 10.2 Å². The molecule has 0 radical (unpaired) electrons. The number of piperidine rings is 1. The lowest BCUT2D eigenvalue weighted by Crippen LogP contribution is -2.39. The second-order valence-electron chi connectivity index (χ2n) is 8.60. The molecule has 1 aromatic heterocycles. The first-order valence-electron chi connectivity index (χ1n) is 11.6. The SMILES string of the molecule is CC1CCCCN1CCCNC(=O)c1cc(-c2ccc(F)cc2)nn1-c1cccc([N+](=O)[O-])c1. The Kier molecular flexibility index (Phi) is 7.32. The number of likely N-dealkylation sites (tertiary alicyclic amines) is 1. The molecule has 0 aliphatic carbocycles. The molecule has 3 aromatic rings. The first kappa shape index (κ1) is 23.6. The summed E-state index contributed by atoms with van der Waals surface area (Å²) in [4.78, 5) is 26.3. The summed E-state index contributed by atoms with van der Waals surface area (Å²) in [5, 5.41) is 18.7. The summed E-state index contributed by atoms with van der Waals surface area (Å²) < 4.78 is 14.8. The van der Waals surface area contributed by atoms with E-state index < -0.39 is 4.92 Å². The van der Waals surface area contributed by atoms with Crippen LogP contribution in [0.4, 0.5) is 10.1 Å². The topological polar surface area (TPSA) is 93.3 Å². The van der Waals surface area contributed by atoms with E-state index in [0.717, 1.165) is 19.5 Å². The van der Waals surface area contributed by atoms with E-state index in [0.29, 0.717) is 29.5 Å². The molecule has 1 N–H and O–H groups in total. The van der Waals surface area contributed by atoms with Gasteiger partial charge in [-0.2, -0.15) is 5.10 Å². The number of amides is 1. The van der Waals surface area contributed by atoms with Gasteiger partial charge >= 0.3 is 0 Å². The highest BCUT2D eigenvalue weighted by atomic mass is 19.1. The minimum atomic E-state index is -0.491. The van der Waals surface area contributed by atoms with Crippen molar-refractivity contribution in [1.29, 1.82) is 0 Å². The van der Waals surface area contributed by atoms with Gasteiger partial charge in [-0.1, -0.05) is 12.5 Å². The lowest BCUT2D eigenvalue weighted by atomic mass is 10.0. The third kappa shape index (κ3) is 5.48. The number of nitro benzene ring substituents is 1. The van der Waals surface area contributed by atoms with Crippen LogP contribution in [0.5, 0.6) is 0 Å². The molecular weight excluding hydrogens is 437 g/mol. The van der Waals surface area contributed by atoms with E-state index >= 15 is 0 Å². The van der Waals surface area contributed by atoms with Crippen LogP contribution in [0.2, 0.25) is 0 Å². The van der Waals surface area contributed by atoms with Crippen LogP contribution in [0.1, 0.15) is 43.1 Å². The van der Waals surface area contributed by atoms with Gasteiger partial charge in [0.15, 0.2) is 0 Å². The Bertz CT molecular complexity index is 1160. The number of halogens is 1. The van der Waals surface area contributed by atoms with Crippen molar-refractivity contribution in [1.82, 2.24) is 20.0 Å². The van der Waals surface area contributed by atoms with Gasteiger partial charge in [-0.05, 0) is 69.1 Å². The average Bonchev–Trinajstić information content (AvgIpc) is 3.29. The Balaban J connectivity index is 1.54. The molecule has 0 saturated carbocycles. The van der Waals surface area contributed by atoms with E-state index in [4.69, 9.17) is 0 Å². The van der Waals surface area contributed by atoms with Crippen LogP contribution in [0.3, 0.4) is 0 Å². The Morgan fingerprint density at radius 3 is 2.74 bits per heavy atom. The van der Waals surface area contributed by atoms with Crippen molar-refractivity contribution in [3.63, 3.8) is 0 Å². The highest BCUT2D eigenvalue weighted by Gasteiger charge is 2.20. The van der Waals surface area contributed by atoms with Crippen LogP contribution in [0.25, 0.3) is 16.9 Å². The molecule has 8 nitrogen and oxygen atoms in total. The predicted octanol–water partition coefficient (Wildman–Crippen LogP) is 4.58. The molecule has 178 valence electrons. The number of nitrogens with zero attached hydrogens (tertiary/aromatic N) is 4. The third-order valence-corrected chi connectivity index (χ3v) is 6.22. The van der Waals surface area contributed by atoms with Crippen molar-refractivity contribution < 1.29 is 14.1 Å². The van der Waals surface area contributed by atoms with Crippen LogP contribution >= 0.6 is 0 Å². The van der Waals surface area contributed by atoms with E-state index in [1.807, 2.05) is 0 Å². The zero-order valence-electron chi connectivity index (χ0n) is 19.1. The van der Waals surface area contributed by atoms with E-state index in [-0.39, 0.29) is 23.1 Å². The normalized spacial score (nSPS) is 16.4. The Morgan fingerprint density at radius 2 is 2.00 bits per heavy atom. The second-order valence-corrected chi connectivity index (χ2v) is 8.60. The number of nitrogens with one attached hydrogen (secondary N) is 1. The zero-order valence-corrected chi connectivity index (χ0v) is 19.1. The highest BCUT2D eigenvalue weighted by molar-refractivity contribution is 5.94. The number of rotatable bonds is 8. The maximum Gasteiger partial charge on any atom is 0.271 e. The lowest BCUT2D eigenvalue weighted by Gasteiger charge is -2.33. The van der Waals surface area contributed by atoms with Crippen LogP contribution in [0, 0.1) is 15.9 Å². The van der Waals surface area contributed by atoms with Gasteiger partial charge in [-0.3, -0.25) is 14.9 Å². The molecule has 1 aliphatic rings. The first-order valence-corrected chi connectivity index (χ1v) is 11.6. The van der Waals surface area contributed by atoms with Crippen LogP contribution in [-0.2, 0) is 0 Å². The highest BCUT2D eigenvalue weighted by Crippen LogP contribution is 2.24. The summed E-state index contributed by atoms with van der Waals surface area (Å²) >= 11 is 0. The number of benzene rings is 2. The zero-order chi connectivity index (χ0) is 24.1. The Hall–Kier alpha value is -3.59. The van der Waals surface area contributed by atoms with Crippen molar-refractivity contribution >= 4 is 11.6 Å². The second kappa shape index (κ2) is 10.6. The Labute approximate surface area is 197 Å². The first-order chi connectivity index (χ1) is 16.4. The fourth-order valence-electron chi connectivity index (χ4n) is 4.30. The van der Waals surface area contributed by atoms with Gasteiger partial charge in [0, 0.05) is 36.8 Å². The van der Waals surface area contributed by atoms with Gasteiger partial charge in [0.25, 0.3) is 11.6 Å². The van der Waals surface area contributed by atoms with Crippen molar-refractivity contribution in [2.24, 2.45) is 0 Å². The maximum atomic E-state index is 13.4. The molecule has 4 rings (SSSR count). The fraction of sp³-hybridized carbons (Fsp3) is 0.360. The van der Waals surface area contributed by atoms with Gasteiger partial charge in [-0.25, -0.2) is 9.07 Å². The molecule has 2 heterocycles. The minimum absolute atomic E-state index is 0.0988. The molecule has 1 saturated heterocycles. The van der Waals surface area contributed by atoms with Gasteiger partial charge in [0.1, 0.15) is 11.5 Å². The minimum Gasteiger partial charge on any atom is -0.351 e. The molecule has 2 aromatic carbocycles. The van der Waals surface area contributed by atoms with Crippen LogP contribution < -0.4 is 5.32 Å². The quantitative estimate of drug-likeness (QED) is 0.299. The molecule has 0 bridgehead atoms. The number of nitro groups is 1. The van der Waals surface area contributed by atoms with Crippen molar-refractivity contribution in [2.45, 2.75) is 38.6 Å². The monoisotopic (exact) mass is 465 g/mol. The summed E-state index contributed by atoms with van der Waals surface area (Å²) in [7, 11) is 0. The summed E-state index contributed by atoms with van der Waals surface area (Å²) in [5.74, 6) is -0.693. The molecule has 1 unspecified atom stereocenters. The number of carbonyl (C=O) groups excluding carboxylic acids is 1. The Morgan fingerprint density at radius 1 is 1.21 bits per heavy atom. The number of aromatic nitrogens is 2. The average molecular weight is 466 g/mol. The number of hydrogen-bond acceptors (Lipinski definition) is 5. The predicted molar refractivity (Wildman–Crippen MR) is 127 cm³/mol. The number of hydrogen-bond donors (Lipinski definition) is 1. The molecule has 34 heavy (non-hydrogen) atoms. The summed E-state index contributed by atoms with van der Waals surface area (Å²) in [6.45, 7) is 4.77. The molecular formula is C25H28FN5O3. The largest absolute Gasteiger partial charge is 0.351 e. The smallest absolute Gasteiger partial charge is 0.271 e. The van der Waals surface area contributed by atoms with Crippen molar-refractivity contribution in [2.75, 3.05) is 19.6 Å². The maximum absolute atomic E-state index is 13.4. The standard InChI is InChI=1S/C25H28FN5O3/c1-18-6-2-3-14-29(18)15-5-13-27-25(32)24-17-23(19-9-11-20(26)12-10-19)28-30(24)21-7-4-8-22(16-21)31(33)34/h4,7-12,16-18H,2-3,5-6,13-15H2,1H3,(H,27,32). The van der Waals surface area contributed by atoms with Gasteiger partial charge in [0.2, 0.25) is 0 Å². The number of non-ortho nitro benzene ring substituents is 1. The number of carbonyl (C=O) groups is 1. The van der Waals surface area contributed by atoms with E-state index in [2.05, 4.69) is 22.2 Å². The van der Waals surface area contributed by atoms with Gasteiger partial charge in [-0.15, -0.1) is 0 Å². The molecule has 9 heteroatoms. The molecule has 0 spiro atoms. The summed E-state index contributed by atoms with van der Waals surface area (Å²) in [6, 6.07) is 14.0. The van der Waals surface area contributed by atoms with E-state index in [9.17, 15) is 19.3 Å². The molecule has 1 aliphatic heterocycles. The van der Waals surface area contributed by atoms with Crippen molar-refractivity contribution in [3.05, 3.63) is 76.2 Å². The van der Waals surface area contributed by atoms with Crippen molar-refractivity contribution in [3.8, 4) is 16.9 Å². The molecule has 1 amide bonds. The van der Waals surface area contributed by atoms with Crippen LogP contribution in [0.15, 0.2) is 54.6 Å². The summed E-state index contributed by atoms with van der Waals surface area (Å²) in [5.41, 5.74) is 1.66. The molecule has 1 atom stereocenters. The fourth-order valence-corrected chi connectivity index (χ4v) is 4.30. The van der Waals surface area contributed by atoms with E-state index in [1.54, 1.807) is 30.3 Å². The van der Waals surface area contributed by atoms with E-state index in [1.165, 1.54) is 48.2 Å². The summed E-state index contributed by atoms with van der Waals surface area (Å²) in [6.07, 6.45) is 4.52. The third-order valence-electron chi connectivity index (χ3n) is 6.22. The molecule has 1 fully saturated rings.